The number of hydrogen-bond acceptors (Lipinski definition) is 4. The predicted octanol–water partition coefficient (Wildman–Crippen LogP) is 7.13. The number of fused-ring (bicyclic) bond motifs is 6. The molecule has 2 aromatic carbocycles. The van der Waals surface area contributed by atoms with Gasteiger partial charge in [0.15, 0.2) is 0 Å². The highest BCUT2D eigenvalue weighted by Crippen LogP contribution is 2.36. The number of rotatable bonds is 3. The molecular formula is C32H20N6. The second kappa shape index (κ2) is 8.08. The van der Waals surface area contributed by atoms with Crippen LogP contribution < -0.4 is 0 Å². The molecule has 0 N–H and O–H groups in total. The molecule has 0 radical (unpaired) electrons. The standard InChI is InChI=1S/C32H20N6/c1-3-9-21(10-4-1)24-16-15-23(20-35-24)38-26-14-8-18-34-30(26)32-28(38)19-27-31(36-32)29-25(13-7-17-33-29)37(27)22-11-5-2-6-12-22/h1-20H. The van der Waals surface area contributed by atoms with E-state index in [0.717, 1.165) is 66.8 Å². The van der Waals surface area contributed by atoms with Crippen LogP contribution in [0.15, 0.2) is 122 Å². The number of pyridine rings is 4. The lowest BCUT2D eigenvalue weighted by atomic mass is 10.1. The lowest BCUT2D eigenvalue weighted by Gasteiger charge is -2.10. The Morgan fingerprint density at radius 3 is 1.66 bits per heavy atom. The van der Waals surface area contributed by atoms with Crippen LogP contribution in [0.2, 0.25) is 0 Å². The Balaban J connectivity index is 1.45. The summed E-state index contributed by atoms with van der Waals surface area (Å²) in [6.45, 7) is 0. The summed E-state index contributed by atoms with van der Waals surface area (Å²) in [5.74, 6) is 0. The van der Waals surface area contributed by atoms with Gasteiger partial charge in [0.1, 0.15) is 22.1 Å². The SMILES string of the molecule is c1ccc(-c2ccc(-n3c4cccnc4c4nc5c6ncccc6n(-c6ccccc6)c5cc43)cn2)cc1. The van der Waals surface area contributed by atoms with E-state index >= 15 is 0 Å². The second-order valence-electron chi connectivity index (χ2n) is 9.24. The van der Waals surface area contributed by atoms with Gasteiger partial charge in [-0.25, -0.2) is 4.98 Å². The maximum atomic E-state index is 5.20. The van der Waals surface area contributed by atoms with Gasteiger partial charge in [-0.3, -0.25) is 15.0 Å². The Hall–Kier alpha value is -5.36. The van der Waals surface area contributed by atoms with Gasteiger partial charge in [-0.2, -0.15) is 0 Å². The third-order valence-electron chi connectivity index (χ3n) is 7.06. The van der Waals surface area contributed by atoms with Crippen LogP contribution in [-0.4, -0.2) is 29.1 Å². The van der Waals surface area contributed by atoms with Gasteiger partial charge in [0.25, 0.3) is 0 Å². The van der Waals surface area contributed by atoms with Crippen molar-refractivity contribution in [1.82, 2.24) is 29.1 Å². The normalized spacial score (nSPS) is 11.7. The van der Waals surface area contributed by atoms with Gasteiger partial charge in [0, 0.05) is 23.6 Å². The summed E-state index contributed by atoms with van der Waals surface area (Å²) in [4.78, 5) is 19.5. The second-order valence-corrected chi connectivity index (χ2v) is 9.24. The van der Waals surface area contributed by atoms with Crippen molar-refractivity contribution >= 4 is 44.1 Å². The van der Waals surface area contributed by atoms with Crippen LogP contribution in [0.5, 0.6) is 0 Å². The number of hydrogen-bond donors (Lipinski definition) is 0. The molecular weight excluding hydrogens is 468 g/mol. The maximum absolute atomic E-state index is 5.20. The Labute approximate surface area is 217 Å². The molecule has 178 valence electrons. The molecule has 0 unspecified atom stereocenters. The quantitative estimate of drug-likeness (QED) is 0.265. The van der Waals surface area contributed by atoms with E-state index in [2.05, 4.69) is 75.9 Å². The van der Waals surface area contributed by atoms with Crippen LogP contribution in [0.4, 0.5) is 0 Å². The number of nitrogens with zero attached hydrogens (tertiary/aromatic N) is 6. The van der Waals surface area contributed by atoms with Gasteiger partial charge in [0.05, 0.1) is 39.6 Å². The van der Waals surface area contributed by atoms with Crippen molar-refractivity contribution in [2.75, 3.05) is 0 Å². The molecule has 0 atom stereocenters. The van der Waals surface area contributed by atoms with E-state index in [-0.39, 0.29) is 0 Å². The summed E-state index contributed by atoms with van der Waals surface area (Å²) in [6.07, 6.45) is 5.57. The summed E-state index contributed by atoms with van der Waals surface area (Å²) in [5, 5.41) is 0. The van der Waals surface area contributed by atoms with Gasteiger partial charge in [-0.1, -0.05) is 48.5 Å². The lowest BCUT2D eigenvalue weighted by molar-refractivity contribution is 1.13. The first-order chi connectivity index (χ1) is 18.9. The molecule has 0 aliphatic carbocycles. The highest BCUT2D eigenvalue weighted by atomic mass is 15.1. The van der Waals surface area contributed by atoms with Gasteiger partial charge in [-0.05, 0) is 54.6 Å². The van der Waals surface area contributed by atoms with E-state index in [1.807, 2.05) is 55.0 Å². The zero-order chi connectivity index (χ0) is 25.1. The van der Waals surface area contributed by atoms with E-state index in [1.54, 1.807) is 0 Å². The summed E-state index contributed by atoms with van der Waals surface area (Å²) >= 11 is 0. The highest BCUT2D eigenvalue weighted by molar-refractivity contribution is 6.13. The first-order valence-electron chi connectivity index (χ1n) is 12.5. The molecule has 6 aromatic heterocycles. The van der Waals surface area contributed by atoms with E-state index in [9.17, 15) is 0 Å². The molecule has 0 saturated carbocycles. The molecule has 0 aliphatic rings. The fourth-order valence-electron chi connectivity index (χ4n) is 5.39. The van der Waals surface area contributed by atoms with Gasteiger partial charge < -0.3 is 9.13 Å². The first kappa shape index (κ1) is 20.8. The Morgan fingerprint density at radius 2 is 1.05 bits per heavy atom. The largest absolute Gasteiger partial charge is 0.306 e. The molecule has 0 bridgehead atoms. The van der Waals surface area contributed by atoms with Crippen molar-refractivity contribution in [2.24, 2.45) is 0 Å². The molecule has 0 aliphatic heterocycles. The summed E-state index contributed by atoms with van der Waals surface area (Å²) in [7, 11) is 0. The maximum Gasteiger partial charge on any atom is 0.116 e. The zero-order valence-corrected chi connectivity index (χ0v) is 20.2. The molecule has 6 nitrogen and oxygen atoms in total. The summed E-state index contributed by atoms with van der Waals surface area (Å²) in [6, 6.07) is 35.1. The van der Waals surface area contributed by atoms with Crippen molar-refractivity contribution in [3.8, 4) is 22.6 Å². The van der Waals surface area contributed by atoms with Crippen molar-refractivity contribution < 1.29 is 0 Å². The predicted molar refractivity (Wildman–Crippen MR) is 152 cm³/mol. The van der Waals surface area contributed by atoms with Gasteiger partial charge in [-0.15, -0.1) is 0 Å². The van der Waals surface area contributed by atoms with E-state index in [1.165, 1.54) is 0 Å². The zero-order valence-electron chi connectivity index (χ0n) is 20.2. The Bertz CT molecular complexity index is 2110. The van der Waals surface area contributed by atoms with Crippen LogP contribution in [-0.2, 0) is 0 Å². The first-order valence-corrected chi connectivity index (χ1v) is 12.5. The Morgan fingerprint density at radius 1 is 0.447 bits per heavy atom. The number of aromatic nitrogens is 6. The minimum Gasteiger partial charge on any atom is -0.306 e. The molecule has 6 heteroatoms. The van der Waals surface area contributed by atoms with E-state index < -0.39 is 0 Å². The van der Waals surface area contributed by atoms with Crippen LogP contribution in [0.1, 0.15) is 0 Å². The highest BCUT2D eigenvalue weighted by Gasteiger charge is 2.20. The smallest absolute Gasteiger partial charge is 0.116 e. The topological polar surface area (TPSA) is 61.4 Å². The number of benzene rings is 2. The third kappa shape index (κ3) is 3.01. The van der Waals surface area contributed by atoms with Crippen LogP contribution in [0.3, 0.4) is 0 Å². The van der Waals surface area contributed by atoms with Crippen LogP contribution in [0, 0.1) is 0 Å². The van der Waals surface area contributed by atoms with Gasteiger partial charge >= 0.3 is 0 Å². The minimum absolute atomic E-state index is 0.845. The van der Waals surface area contributed by atoms with Crippen molar-refractivity contribution in [3.05, 3.63) is 122 Å². The molecule has 38 heavy (non-hydrogen) atoms. The van der Waals surface area contributed by atoms with Crippen molar-refractivity contribution in [1.29, 1.82) is 0 Å². The molecule has 6 heterocycles. The van der Waals surface area contributed by atoms with E-state index in [4.69, 9.17) is 19.9 Å². The van der Waals surface area contributed by atoms with Gasteiger partial charge in [0.2, 0.25) is 0 Å². The molecule has 0 spiro atoms. The molecule has 0 saturated heterocycles. The Kier molecular flexibility index (Phi) is 4.42. The molecule has 8 aromatic rings. The average molecular weight is 489 g/mol. The van der Waals surface area contributed by atoms with Crippen LogP contribution >= 0.6 is 0 Å². The fraction of sp³-hybridized carbons (Fsp3) is 0. The van der Waals surface area contributed by atoms with Crippen LogP contribution in [0.25, 0.3) is 66.8 Å². The molecule has 0 fully saturated rings. The molecule has 8 rings (SSSR count). The minimum atomic E-state index is 0.845. The monoisotopic (exact) mass is 488 g/mol. The van der Waals surface area contributed by atoms with Crippen molar-refractivity contribution in [2.45, 2.75) is 0 Å². The summed E-state index contributed by atoms with van der Waals surface area (Å²) in [5.41, 5.74) is 11.5. The molecule has 0 amide bonds. The third-order valence-corrected chi connectivity index (χ3v) is 7.06. The van der Waals surface area contributed by atoms with E-state index in [0.29, 0.717) is 0 Å². The van der Waals surface area contributed by atoms with Crippen molar-refractivity contribution in [3.63, 3.8) is 0 Å². The fourth-order valence-corrected chi connectivity index (χ4v) is 5.39. The summed E-state index contributed by atoms with van der Waals surface area (Å²) < 4.78 is 4.43. The lowest BCUT2D eigenvalue weighted by Crippen LogP contribution is -1.97. The number of para-hydroxylation sites is 1. The average Bonchev–Trinajstić information content (AvgIpc) is 3.49.